The molecule has 3 aromatic heterocycles. The predicted molar refractivity (Wildman–Crippen MR) is 76.8 cm³/mol. The van der Waals surface area contributed by atoms with E-state index < -0.39 is 0 Å². The molecule has 1 N–H and O–H groups in total. The molecule has 0 aliphatic rings. The number of anilines is 1. The maximum Gasteiger partial charge on any atom is 0.181 e. The molecule has 0 spiro atoms. The van der Waals surface area contributed by atoms with Crippen molar-refractivity contribution < 1.29 is 0 Å². The zero-order valence-corrected chi connectivity index (χ0v) is 11.1. The van der Waals surface area contributed by atoms with Crippen LogP contribution in [0, 0.1) is 0 Å². The summed E-state index contributed by atoms with van der Waals surface area (Å²) in [4.78, 5) is 21.1. The molecule has 96 valence electrons. The quantitative estimate of drug-likeness (QED) is 0.791. The highest BCUT2D eigenvalue weighted by Gasteiger charge is 2.07. The van der Waals surface area contributed by atoms with Crippen LogP contribution in [0.25, 0.3) is 10.2 Å². The van der Waals surface area contributed by atoms with Crippen molar-refractivity contribution in [2.24, 2.45) is 0 Å². The molecule has 3 heterocycles. The highest BCUT2D eigenvalue weighted by molar-refractivity contribution is 7.16. The minimum Gasteiger partial charge on any atom is -0.372 e. The zero-order valence-electron chi connectivity index (χ0n) is 10.3. The second-order valence-corrected chi connectivity index (χ2v) is 4.98. The van der Waals surface area contributed by atoms with Crippen LogP contribution >= 0.6 is 11.3 Å². The van der Waals surface area contributed by atoms with Gasteiger partial charge in [0.2, 0.25) is 0 Å². The molecule has 0 aliphatic carbocycles. The Morgan fingerprint density at radius 3 is 2.79 bits per heavy atom. The summed E-state index contributed by atoms with van der Waals surface area (Å²) in [7, 11) is 1.85. The van der Waals surface area contributed by atoms with Crippen molar-refractivity contribution in [2.75, 3.05) is 12.4 Å². The number of nitrogens with zero attached hydrogens (tertiary/aromatic N) is 3. The average Bonchev–Trinajstić information content (AvgIpc) is 2.89. The fourth-order valence-corrected chi connectivity index (χ4v) is 2.66. The number of pyridine rings is 1. The molecular weight excluding hydrogens is 260 g/mol. The molecule has 0 radical (unpaired) electrons. The van der Waals surface area contributed by atoms with E-state index in [1.54, 1.807) is 23.7 Å². The third kappa shape index (κ3) is 2.34. The number of rotatable bonds is 3. The lowest BCUT2D eigenvalue weighted by molar-refractivity contribution is 0.743. The first-order valence-corrected chi connectivity index (χ1v) is 6.72. The van der Waals surface area contributed by atoms with E-state index >= 15 is 0 Å². The Morgan fingerprint density at radius 1 is 1.26 bits per heavy atom. The Bertz CT molecular complexity index is 757. The average molecular weight is 272 g/mol. The lowest BCUT2D eigenvalue weighted by Gasteiger charge is -2.07. The van der Waals surface area contributed by atoms with Gasteiger partial charge < -0.3 is 9.88 Å². The van der Waals surface area contributed by atoms with Gasteiger partial charge in [-0.3, -0.25) is 4.79 Å². The van der Waals surface area contributed by atoms with Gasteiger partial charge in [-0.2, -0.15) is 0 Å². The molecule has 5 nitrogen and oxygen atoms in total. The van der Waals surface area contributed by atoms with E-state index in [0.717, 1.165) is 21.9 Å². The van der Waals surface area contributed by atoms with E-state index in [2.05, 4.69) is 15.3 Å². The normalized spacial score (nSPS) is 10.8. The summed E-state index contributed by atoms with van der Waals surface area (Å²) in [6.07, 6.45) is 3.48. The summed E-state index contributed by atoms with van der Waals surface area (Å²) < 4.78 is 1.88. The van der Waals surface area contributed by atoms with E-state index in [9.17, 15) is 4.79 Å². The molecule has 6 heteroatoms. The molecule has 0 fully saturated rings. The second-order valence-electron chi connectivity index (χ2n) is 4.08. The Balaban J connectivity index is 2.00. The summed E-state index contributed by atoms with van der Waals surface area (Å²) in [5, 5.41) is 6.13. The Hall–Kier alpha value is -2.21. The lowest BCUT2D eigenvalue weighted by atomic mass is 10.3. The number of aromatic nitrogens is 3. The Labute approximate surface area is 113 Å². The van der Waals surface area contributed by atoms with Gasteiger partial charge in [-0.1, -0.05) is 0 Å². The highest BCUT2D eigenvalue weighted by atomic mass is 32.1. The largest absolute Gasteiger partial charge is 0.372 e. The standard InChI is InChI=1S/C13H12N4OS/c1-14-12-10-4-7-19-13(10)16-11(15-12)8-17-5-2-9(18)3-6-17/h2-7H,8H2,1H3,(H,14,15,16). The van der Waals surface area contributed by atoms with Crippen molar-refractivity contribution in [3.05, 3.63) is 52.0 Å². The fourth-order valence-electron chi connectivity index (χ4n) is 1.87. The lowest BCUT2D eigenvalue weighted by Crippen LogP contribution is -2.08. The summed E-state index contributed by atoms with van der Waals surface area (Å²) in [6.45, 7) is 0.544. The van der Waals surface area contributed by atoms with Crippen molar-refractivity contribution >= 4 is 27.4 Å². The van der Waals surface area contributed by atoms with E-state index in [1.807, 2.05) is 23.1 Å². The SMILES string of the molecule is CNc1nc(Cn2ccc(=O)cc2)nc2sccc12. The second kappa shape index (κ2) is 4.81. The molecule has 0 unspecified atom stereocenters. The third-order valence-corrected chi connectivity index (χ3v) is 3.60. The maximum absolute atomic E-state index is 11.1. The number of thiophene rings is 1. The van der Waals surface area contributed by atoms with Crippen molar-refractivity contribution in [1.82, 2.24) is 14.5 Å². The van der Waals surface area contributed by atoms with E-state index in [1.165, 1.54) is 12.1 Å². The van der Waals surface area contributed by atoms with Crippen LogP contribution in [0.3, 0.4) is 0 Å². The Morgan fingerprint density at radius 2 is 2.05 bits per heavy atom. The van der Waals surface area contributed by atoms with Crippen LogP contribution in [0.15, 0.2) is 40.8 Å². The molecule has 0 bridgehead atoms. The van der Waals surface area contributed by atoms with Gasteiger partial charge in [0.05, 0.1) is 11.9 Å². The molecule has 0 atom stereocenters. The van der Waals surface area contributed by atoms with Gasteiger partial charge in [-0.15, -0.1) is 11.3 Å². The highest BCUT2D eigenvalue weighted by Crippen LogP contribution is 2.24. The number of hydrogen-bond donors (Lipinski definition) is 1. The molecular formula is C13H12N4OS. The van der Waals surface area contributed by atoms with Gasteiger partial charge in [0, 0.05) is 31.6 Å². The van der Waals surface area contributed by atoms with Gasteiger partial charge in [-0.05, 0) is 11.4 Å². The van der Waals surface area contributed by atoms with Crippen LogP contribution in [0.2, 0.25) is 0 Å². The summed E-state index contributed by atoms with van der Waals surface area (Å²) >= 11 is 1.59. The fraction of sp³-hybridized carbons (Fsp3) is 0.154. The minimum atomic E-state index is 0.00166. The zero-order chi connectivity index (χ0) is 13.2. The van der Waals surface area contributed by atoms with Crippen molar-refractivity contribution in [3.8, 4) is 0 Å². The molecule has 0 aliphatic heterocycles. The van der Waals surface area contributed by atoms with E-state index in [4.69, 9.17) is 0 Å². The first kappa shape index (κ1) is 11.9. The minimum absolute atomic E-state index is 0.00166. The smallest absolute Gasteiger partial charge is 0.181 e. The van der Waals surface area contributed by atoms with Crippen LogP contribution < -0.4 is 10.7 Å². The molecule has 0 aromatic carbocycles. The number of fused-ring (bicyclic) bond motifs is 1. The molecule has 0 amide bonds. The van der Waals surface area contributed by atoms with E-state index in [-0.39, 0.29) is 5.43 Å². The van der Waals surface area contributed by atoms with Crippen molar-refractivity contribution in [2.45, 2.75) is 6.54 Å². The van der Waals surface area contributed by atoms with Crippen molar-refractivity contribution in [3.63, 3.8) is 0 Å². The van der Waals surface area contributed by atoms with Crippen LogP contribution in [0.4, 0.5) is 5.82 Å². The Kier molecular flexibility index (Phi) is 3.00. The van der Waals surface area contributed by atoms with Gasteiger partial charge in [0.1, 0.15) is 10.6 Å². The summed E-state index contributed by atoms with van der Waals surface area (Å²) in [5.74, 6) is 1.56. The monoisotopic (exact) mass is 272 g/mol. The van der Waals surface area contributed by atoms with Gasteiger partial charge in [0.15, 0.2) is 11.3 Å². The van der Waals surface area contributed by atoms with Gasteiger partial charge in [0.25, 0.3) is 0 Å². The molecule has 3 rings (SSSR count). The molecule has 19 heavy (non-hydrogen) atoms. The van der Waals surface area contributed by atoms with Crippen molar-refractivity contribution in [1.29, 1.82) is 0 Å². The number of hydrogen-bond acceptors (Lipinski definition) is 5. The van der Waals surface area contributed by atoms with Gasteiger partial charge >= 0.3 is 0 Å². The van der Waals surface area contributed by atoms with Crippen LogP contribution in [0.5, 0.6) is 0 Å². The first-order valence-electron chi connectivity index (χ1n) is 5.84. The predicted octanol–water partition coefficient (Wildman–Crippen LogP) is 1.94. The topological polar surface area (TPSA) is 59.8 Å². The molecule has 0 saturated carbocycles. The molecule has 3 aromatic rings. The summed E-state index contributed by atoms with van der Waals surface area (Å²) in [5.41, 5.74) is 0.00166. The van der Waals surface area contributed by atoms with Crippen LogP contribution in [-0.4, -0.2) is 21.6 Å². The van der Waals surface area contributed by atoms with Gasteiger partial charge in [-0.25, -0.2) is 9.97 Å². The van der Waals surface area contributed by atoms with E-state index in [0.29, 0.717) is 6.54 Å². The first-order chi connectivity index (χ1) is 9.26. The third-order valence-electron chi connectivity index (χ3n) is 2.79. The summed E-state index contributed by atoms with van der Waals surface area (Å²) in [6, 6.07) is 5.07. The van der Waals surface area contributed by atoms with Crippen LogP contribution in [-0.2, 0) is 6.54 Å². The van der Waals surface area contributed by atoms with Crippen LogP contribution in [0.1, 0.15) is 5.82 Å². The molecule has 0 saturated heterocycles. The number of nitrogens with one attached hydrogen (secondary N) is 1. The maximum atomic E-state index is 11.1.